The quantitative estimate of drug-likeness (QED) is 0.737. The fourth-order valence-corrected chi connectivity index (χ4v) is 3.28. The van der Waals surface area contributed by atoms with Gasteiger partial charge in [0.2, 0.25) is 0 Å². The van der Waals surface area contributed by atoms with Crippen LogP contribution in [-0.2, 0) is 4.79 Å². The number of anilines is 1. The molecule has 6 heteroatoms. The zero-order chi connectivity index (χ0) is 19.3. The van der Waals surface area contributed by atoms with E-state index in [0.717, 1.165) is 15.6 Å². The molecule has 0 radical (unpaired) electrons. The molecule has 2 aromatic rings. The Morgan fingerprint density at radius 1 is 1.15 bits per heavy atom. The molecule has 0 aliphatic carbocycles. The van der Waals surface area contributed by atoms with Gasteiger partial charge in [-0.1, -0.05) is 28.1 Å². The van der Waals surface area contributed by atoms with Crippen molar-refractivity contribution in [2.45, 2.75) is 33.8 Å². The number of aryl methyl sites for hydroxylation is 2. The highest BCUT2D eigenvalue weighted by atomic mass is 79.9. The van der Waals surface area contributed by atoms with E-state index in [0.29, 0.717) is 23.5 Å². The number of hydrogen-bond acceptors (Lipinski definition) is 3. The van der Waals surface area contributed by atoms with E-state index in [2.05, 4.69) is 26.6 Å². The number of para-hydroxylation sites is 1. The molecule has 2 amide bonds. The van der Waals surface area contributed by atoms with Crippen molar-refractivity contribution in [1.82, 2.24) is 5.32 Å². The van der Waals surface area contributed by atoms with Crippen molar-refractivity contribution in [2.24, 2.45) is 0 Å². The SMILES string of the molecule is CCNC(=O)c1ccccc1NC(=O)C(C)Oc1c(C)cc(Br)cc1C. The van der Waals surface area contributed by atoms with Gasteiger partial charge in [0.1, 0.15) is 5.75 Å². The lowest BCUT2D eigenvalue weighted by atomic mass is 10.1. The number of carbonyl (C=O) groups excluding carboxylic acids is 2. The molecular formula is C20H23BrN2O3. The van der Waals surface area contributed by atoms with Gasteiger partial charge in [-0.15, -0.1) is 0 Å². The summed E-state index contributed by atoms with van der Waals surface area (Å²) in [6, 6.07) is 10.8. The Bertz CT molecular complexity index is 797. The van der Waals surface area contributed by atoms with Crippen LogP contribution in [0.15, 0.2) is 40.9 Å². The molecule has 0 bridgehead atoms. The predicted octanol–water partition coefficient (Wildman–Crippen LogP) is 4.22. The van der Waals surface area contributed by atoms with Gasteiger partial charge >= 0.3 is 0 Å². The summed E-state index contributed by atoms with van der Waals surface area (Å²) < 4.78 is 6.84. The largest absolute Gasteiger partial charge is 0.480 e. The third kappa shape index (κ3) is 4.85. The minimum atomic E-state index is -0.712. The molecule has 1 atom stereocenters. The number of carbonyl (C=O) groups is 2. The Labute approximate surface area is 162 Å². The Kier molecular flexibility index (Phi) is 6.80. The monoisotopic (exact) mass is 418 g/mol. The molecule has 138 valence electrons. The molecule has 0 spiro atoms. The lowest BCUT2D eigenvalue weighted by Gasteiger charge is -2.19. The van der Waals surface area contributed by atoms with Gasteiger partial charge in [-0.3, -0.25) is 9.59 Å². The maximum absolute atomic E-state index is 12.6. The second-order valence-corrected chi connectivity index (χ2v) is 6.94. The molecule has 1 unspecified atom stereocenters. The van der Waals surface area contributed by atoms with E-state index in [4.69, 9.17) is 4.74 Å². The molecule has 0 aromatic heterocycles. The van der Waals surface area contributed by atoms with E-state index in [-0.39, 0.29) is 11.8 Å². The standard InChI is InChI=1S/C20H23BrN2O3/c1-5-22-20(25)16-8-6-7-9-17(16)23-19(24)14(4)26-18-12(2)10-15(21)11-13(18)3/h6-11,14H,5H2,1-4H3,(H,22,25)(H,23,24). The molecule has 0 saturated heterocycles. The van der Waals surface area contributed by atoms with Crippen molar-refractivity contribution in [3.8, 4) is 5.75 Å². The molecule has 0 heterocycles. The van der Waals surface area contributed by atoms with E-state index in [1.54, 1.807) is 31.2 Å². The average Bonchev–Trinajstić information content (AvgIpc) is 2.58. The lowest BCUT2D eigenvalue weighted by molar-refractivity contribution is -0.122. The molecule has 2 aromatic carbocycles. The number of amides is 2. The fourth-order valence-electron chi connectivity index (χ4n) is 2.59. The average molecular weight is 419 g/mol. The van der Waals surface area contributed by atoms with Gasteiger partial charge in [-0.25, -0.2) is 0 Å². The lowest BCUT2D eigenvalue weighted by Crippen LogP contribution is -2.32. The van der Waals surface area contributed by atoms with Crippen LogP contribution >= 0.6 is 15.9 Å². The molecule has 2 rings (SSSR count). The predicted molar refractivity (Wildman–Crippen MR) is 107 cm³/mol. The molecule has 0 fully saturated rings. The molecule has 0 aliphatic heterocycles. The van der Waals surface area contributed by atoms with Gasteiger partial charge in [-0.05, 0) is 63.1 Å². The fraction of sp³-hybridized carbons (Fsp3) is 0.300. The second kappa shape index (κ2) is 8.85. The third-order valence-electron chi connectivity index (χ3n) is 3.86. The number of nitrogens with one attached hydrogen (secondary N) is 2. The van der Waals surface area contributed by atoms with Crippen molar-refractivity contribution < 1.29 is 14.3 Å². The zero-order valence-electron chi connectivity index (χ0n) is 15.4. The summed E-state index contributed by atoms with van der Waals surface area (Å²) >= 11 is 3.45. The van der Waals surface area contributed by atoms with Crippen LogP contribution < -0.4 is 15.4 Å². The number of hydrogen-bond donors (Lipinski definition) is 2. The Balaban J connectivity index is 2.15. The van der Waals surface area contributed by atoms with E-state index in [1.165, 1.54) is 0 Å². The number of benzene rings is 2. The molecule has 26 heavy (non-hydrogen) atoms. The van der Waals surface area contributed by atoms with Gasteiger partial charge in [-0.2, -0.15) is 0 Å². The van der Waals surface area contributed by atoms with Gasteiger partial charge in [0.15, 0.2) is 6.10 Å². The number of rotatable bonds is 6. The molecular weight excluding hydrogens is 396 g/mol. The first kappa shape index (κ1) is 20.0. The van der Waals surface area contributed by atoms with E-state index >= 15 is 0 Å². The van der Waals surface area contributed by atoms with Crippen LogP contribution in [0, 0.1) is 13.8 Å². The Hall–Kier alpha value is -2.34. The van der Waals surface area contributed by atoms with Crippen molar-refractivity contribution in [1.29, 1.82) is 0 Å². The van der Waals surface area contributed by atoms with Crippen LogP contribution in [0.2, 0.25) is 0 Å². The molecule has 0 aliphatic rings. The van der Waals surface area contributed by atoms with Gasteiger partial charge in [0, 0.05) is 11.0 Å². The van der Waals surface area contributed by atoms with Crippen LogP contribution in [0.5, 0.6) is 5.75 Å². The van der Waals surface area contributed by atoms with Gasteiger partial charge in [0.05, 0.1) is 11.3 Å². The second-order valence-electron chi connectivity index (χ2n) is 6.02. The summed E-state index contributed by atoms with van der Waals surface area (Å²) in [6.45, 7) is 7.91. The molecule has 2 N–H and O–H groups in total. The van der Waals surface area contributed by atoms with Crippen molar-refractivity contribution in [3.63, 3.8) is 0 Å². The smallest absolute Gasteiger partial charge is 0.265 e. The Morgan fingerprint density at radius 2 is 1.77 bits per heavy atom. The summed E-state index contributed by atoms with van der Waals surface area (Å²) in [5.41, 5.74) is 2.77. The third-order valence-corrected chi connectivity index (χ3v) is 4.31. The number of halogens is 1. The van der Waals surface area contributed by atoms with Crippen LogP contribution in [-0.4, -0.2) is 24.5 Å². The van der Waals surface area contributed by atoms with Crippen LogP contribution in [0.4, 0.5) is 5.69 Å². The first-order chi connectivity index (χ1) is 12.3. The van der Waals surface area contributed by atoms with Crippen LogP contribution in [0.3, 0.4) is 0 Å². The minimum absolute atomic E-state index is 0.225. The summed E-state index contributed by atoms with van der Waals surface area (Å²) in [5, 5.41) is 5.52. The number of ether oxygens (including phenoxy) is 1. The van der Waals surface area contributed by atoms with Crippen molar-refractivity contribution in [3.05, 3.63) is 57.6 Å². The summed E-state index contributed by atoms with van der Waals surface area (Å²) in [6.07, 6.45) is -0.712. The highest BCUT2D eigenvalue weighted by Gasteiger charge is 2.19. The molecule has 5 nitrogen and oxygen atoms in total. The van der Waals surface area contributed by atoms with Crippen molar-refractivity contribution >= 4 is 33.4 Å². The first-order valence-electron chi connectivity index (χ1n) is 8.45. The topological polar surface area (TPSA) is 67.4 Å². The summed E-state index contributed by atoms with van der Waals surface area (Å²) in [5.74, 6) is 0.146. The Morgan fingerprint density at radius 3 is 2.38 bits per heavy atom. The zero-order valence-corrected chi connectivity index (χ0v) is 16.9. The maximum Gasteiger partial charge on any atom is 0.265 e. The summed E-state index contributed by atoms with van der Waals surface area (Å²) in [7, 11) is 0. The summed E-state index contributed by atoms with van der Waals surface area (Å²) in [4.78, 5) is 24.7. The van der Waals surface area contributed by atoms with Gasteiger partial charge < -0.3 is 15.4 Å². The molecule has 0 saturated carbocycles. The first-order valence-corrected chi connectivity index (χ1v) is 9.24. The van der Waals surface area contributed by atoms with Crippen LogP contribution in [0.25, 0.3) is 0 Å². The van der Waals surface area contributed by atoms with E-state index in [9.17, 15) is 9.59 Å². The van der Waals surface area contributed by atoms with E-state index in [1.807, 2.05) is 32.9 Å². The van der Waals surface area contributed by atoms with Crippen molar-refractivity contribution in [2.75, 3.05) is 11.9 Å². The van der Waals surface area contributed by atoms with Crippen LogP contribution in [0.1, 0.15) is 35.3 Å². The van der Waals surface area contributed by atoms with E-state index < -0.39 is 6.10 Å². The highest BCUT2D eigenvalue weighted by molar-refractivity contribution is 9.10. The highest BCUT2D eigenvalue weighted by Crippen LogP contribution is 2.28. The normalized spacial score (nSPS) is 11.6. The maximum atomic E-state index is 12.6. The van der Waals surface area contributed by atoms with Gasteiger partial charge in [0.25, 0.3) is 11.8 Å². The minimum Gasteiger partial charge on any atom is -0.480 e.